The van der Waals surface area contributed by atoms with Crippen LogP contribution in [0.15, 0.2) is 52.4 Å². The lowest BCUT2D eigenvalue weighted by Gasteiger charge is -2.33. The molecule has 0 amide bonds. The van der Waals surface area contributed by atoms with Crippen molar-refractivity contribution in [3.8, 4) is 0 Å². The fourth-order valence-electron chi connectivity index (χ4n) is 3.06. The zero-order valence-corrected chi connectivity index (χ0v) is 16.9. The van der Waals surface area contributed by atoms with Crippen molar-refractivity contribution >= 4 is 16.8 Å². The first-order chi connectivity index (χ1) is 12.6. The number of nitrogens with zero attached hydrogens (tertiary/aromatic N) is 2. The van der Waals surface area contributed by atoms with Crippen molar-refractivity contribution in [2.24, 2.45) is 4.99 Å². The molecule has 0 radical (unpaired) electrons. The number of hydrogen-bond acceptors (Lipinski definition) is 3. The second-order valence-corrected chi connectivity index (χ2v) is 8.35. The van der Waals surface area contributed by atoms with Gasteiger partial charge in [0, 0.05) is 42.9 Å². The van der Waals surface area contributed by atoms with E-state index in [-0.39, 0.29) is 0 Å². The second kappa shape index (κ2) is 11.1. The Hall–Kier alpha value is -1.66. The molecular weight excluding hydrogens is 344 g/mol. The van der Waals surface area contributed by atoms with Gasteiger partial charge in [0.15, 0.2) is 5.96 Å². The molecule has 1 saturated heterocycles. The molecule has 1 aromatic rings. The highest BCUT2D eigenvalue weighted by molar-refractivity contribution is 7.85. The molecule has 0 aliphatic carbocycles. The number of guanidine groups is 1. The van der Waals surface area contributed by atoms with Gasteiger partial charge in [-0.05, 0) is 38.8 Å². The molecular formula is C20H32N4OS. The minimum Gasteiger partial charge on any atom is -0.357 e. The van der Waals surface area contributed by atoms with Crippen LogP contribution in [0, 0.1) is 0 Å². The summed E-state index contributed by atoms with van der Waals surface area (Å²) in [4.78, 5) is 7.93. The predicted octanol–water partition coefficient (Wildman–Crippen LogP) is 2.39. The van der Waals surface area contributed by atoms with E-state index in [2.05, 4.69) is 41.0 Å². The van der Waals surface area contributed by atoms with E-state index >= 15 is 0 Å². The Bertz CT molecular complexity index is 609. The number of nitrogens with one attached hydrogen (secondary N) is 2. The minimum absolute atomic E-state index is 0.439. The number of rotatable bonds is 8. The zero-order valence-electron chi connectivity index (χ0n) is 16.0. The van der Waals surface area contributed by atoms with E-state index in [1.165, 1.54) is 5.57 Å². The molecule has 26 heavy (non-hydrogen) atoms. The van der Waals surface area contributed by atoms with Crippen molar-refractivity contribution in [1.29, 1.82) is 0 Å². The molecule has 144 valence electrons. The molecule has 1 aliphatic heterocycles. The first-order valence-electron chi connectivity index (χ1n) is 9.43. The van der Waals surface area contributed by atoms with E-state index in [9.17, 15) is 4.21 Å². The van der Waals surface area contributed by atoms with Crippen molar-refractivity contribution in [2.45, 2.75) is 37.6 Å². The van der Waals surface area contributed by atoms with E-state index in [1.807, 2.05) is 30.3 Å². The monoisotopic (exact) mass is 376 g/mol. The summed E-state index contributed by atoms with van der Waals surface area (Å²) in [6.07, 6.45) is 2.21. The Labute approximate surface area is 160 Å². The molecule has 1 unspecified atom stereocenters. The third-order valence-electron chi connectivity index (χ3n) is 4.32. The maximum Gasteiger partial charge on any atom is 0.191 e. The Morgan fingerprint density at radius 1 is 1.31 bits per heavy atom. The van der Waals surface area contributed by atoms with Gasteiger partial charge in [-0.15, -0.1) is 0 Å². The van der Waals surface area contributed by atoms with E-state index in [0.717, 1.165) is 49.9 Å². The summed E-state index contributed by atoms with van der Waals surface area (Å²) in [6.45, 7) is 12.7. The van der Waals surface area contributed by atoms with Crippen LogP contribution in [0.2, 0.25) is 0 Å². The lowest BCUT2D eigenvalue weighted by atomic mass is 10.0. The van der Waals surface area contributed by atoms with Crippen LogP contribution >= 0.6 is 0 Å². The molecule has 0 bridgehead atoms. The van der Waals surface area contributed by atoms with Gasteiger partial charge in [-0.25, -0.2) is 0 Å². The summed E-state index contributed by atoms with van der Waals surface area (Å²) in [6, 6.07) is 10.0. The zero-order chi connectivity index (χ0) is 18.8. The van der Waals surface area contributed by atoms with Crippen molar-refractivity contribution < 1.29 is 4.21 Å². The fourth-order valence-corrected chi connectivity index (χ4v) is 4.01. The van der Waals surface area contributed by atoms with E-state index < -0.39 is 10.8 Å². The Morgan fingerprint density at radius 3 is 2.62 bits per heavy atom. The number of likely N-dealkylation sites (tertiary alicyclic amines) is 1. The highest BCUT2D eigenvalue weighted by Crippen LogP contribution is 2.11. The van der Waals surface area contributed by atoms with Crippen molar-refractivity contribution in [3.05, 3.63) is 42.5 Å². The Morgan fingerprint density at radius 2 is 2.00 bits per heavy atom. The summed E-state index contributed by atoms with van der Waals surface area (Å²) < 4.78 is 12.3. The van der Waals surface area contributed by atoms with Gasteiger partial charge in [-0.3, -0.25) is 14.1 Å². The van der Waals surface area contributed by atoms with Crippen LogP contribution in [0.4, 0.5) is 0 Å². The lowest BCUT2D eigenvalue weighted by Crippen LogP contribution is -2.49. The molecule has 0 saturated carbocycles. The van der Waals surface area contributed by atoms with Gasteiger partial charge in [-0.1, -0.05) is 30.4 Å². The molecule has 0 aromatic heterocycles. The maximum absolute atomic E-state index is 12.3. The molecule has 1 aromatic carbocycles. The van der Waals surface area contributed by atoms with Gasteiger partial charge < -0.3 is 10.6 Å². The van der Waals surface area contributed by atoms with Crippen LogP contribution in [0.1, 0.15) is 26.7 Å². The topological polar surface area (TPSA) is 56.7 Å². The van der Waals surface area contributed by atoms with Crippen LogP contribution in [0.25, 0.3) is 0 Å². The normalized spacial score (nSPS) is 17.7. The molecule has 6 heteroatoms. The molecule has 1 atom stereocenters. The summed E-state index contributed by atoms with van der Waals surface area (Å²) in [5.41, 5.74) is 1.22. The van der Waals surface area contributed by atoms with Crippen LogP contribution in [-0.2, 0) is 10.8 Å². The summed E-state index contributed by atoms with van der Waals surface area (Å²) in [5, 5.41) is 6.83. The minimum atomic E-state index is -0.999. The lowest BCUT2D eigenvalue weighted by molar-refractivity contribution is 0.221. The SMILES string of the molecule is C=C(C)CN1CCC(NC(=NCCS(=O)c2ccccc2)NCC)CC1. The molecule has 5 nitrogen and oxygen atoms in total. The first-order valence-corrected chi connectivity index (χ1v) is 10.8. The predicted molar refractivity (Wildman–Crippen MR) is 111 cm³/mol. The standard InChI is InChI=1S/C20H32N4OS/c1-4-21-20(22-12-15-26(25)19-8-6-5-7-9-19)23-18-10-13-24(14-11-18)16-17(2)3/h5-9,18H,2,4,10-16H2,1,3H3,(H2,21,22,23). The summed E-state index contributed by atoms with van der Waals surface area (Å²) in [5.74, 6) is 1.37. The van der Waals surface area contributed by atoms with Gasteiger partial charge in [-0.2, -0.15) is 0 Å². The average molecular weight is 377 g/mol. The van der Waals surface area contributed by atoms with Crippen LogP contribution < -0.4 is 10.6 Å². The Balaban J connectivity index is 1.79. The first kappa shape index (κ1) is 20.6. The maximum atomic E-state index is 12.3. The molecule has 2 rings (SSSR count). The summed E-state index contributed by atoms with van der Waals surface area (Å²) in [7, 11) is -0.999. The third kappa shape index (κ3) is 7.30. The van der Waals surface area contributed by atoms with Crippen LogP contribution in [0.3, 0.4) is 0 Å². The highest BCUT2D eigenvalue weighted by atomic mass is 32.2. The Kier molecular flexibility index (Phi) is 8.85. The number of piperidine rings is 1. The third-order valence-corrected chi connectivity index (χ3v) is 5.67. The van der Waals surface area contributed by atoms with Crippen LogP contribution in [-0.4, -0.2) is 59.6 Å². The molecule has 2 N–H and O–H groups in total. The highest BCUT2D eigenvalue weighted by Gasteiger charge is 2.19. The number of benzene rings is 1. The number of aliphatic imine (C=N–C) groups is 1. The second-order valence-electron chi connectivity index (χ2n) is 6.78. The van der Waals surface area contributed by atoms with Crippen molar-refractivity contribution in [2.75, 3.05) is 38.5 Å². The molecule has 1 aliphatic rings. The van der Waals surface area contributed by atoms with Gasteiger partial charge in [0.25, 0.3) is 0 Å². The van der Waals surface area contributed by atoms with Crippen LogP contribution in [0.5, 0.6) is 0 Å². The van der Waals surface area contributed by atoms with E-state index in [1.54, 1.807) is 0 Å². The van der Waals surface area contributed by atoms with Gasteiger partial charge in [0.1, 0.15) is 0 Å². The van der Waals surface area contributed by atoms with Crippen molar-refractivity contribution in [3.63, 3.8) is 0 Å². The smallest absolute Gasteiger partial charge is 0.191 e. The molecule has 1 fully saturated rings. The summed E-state index contributed by atoms with van der Waals surface area (Å²) >= 11 is 0. The number of hydrogen-bond donors (Lipinski definition) is 2. The van der Waals surface area contributed by atoms with E-state index in [4.69, 9.17) is 0 Å². The van der Waals surface area contributed by atoms with Gasteiger partial charge >= 0.3 is 0 Å². The van der Waals surface area contributed by atoms with E-state index in [0.29, 0.717) is 18.3 Å². The largest absolute Gasteiger partial charge is 0.357 e. The quantitative estimate of drug-likeness (QED) is 0.416. The van der Waals surface area contributed by atoms with Gasteiger partial charge in [0.05, 0.1) is 17.3 Å². The van der Waals surface area contributed by atoms with Gasteiger partial charge in [0.2, 0.25) is 0 Å². The molecule has 1 heterocycles. The molecule has 0 spiro atoms. The average Bonchev–Trinajstić information content (AvgIpc) is 2.63. The van der Waals surface area contributed by atoms with Crippen molar-refractivity contribution in [1.82, 2.24) is 15.5 Å². The fraction of sp³-hybridized carbons (Fsp3) is 0.550.